The molecule has 0 atom stereocenters. The maximum atomic E-state index is 9.45. The van der Waals surface area contributed by atoms with Gasteiger partial charge in [-0.3, -0.25) is 4.57 Å². The molecule has 0 aliphatic carbocycles. The molecule has 0 saturated carbocycles. The first-order valence-electron chi connectivity index (χ1n) is 8.16. The molecular weight excluding hydrogens is 344 g/mol. The lowest BCUT2D eigenvalue weighted by Gasteiger charge is -2.10. The molecule has 27 heavy (non-hydrogen) atoms. The highest BCUT2D eigenvalue weighted by molar-refractivity contribution is 5.78. The van der Waals surface area contributed by atoms with Crippen LogP contribution in [0.2, 0.25) is 0 Å². The van der Waals surface area contributed by atoms with Crippen LogP contribution in [0.1, 0.15) is 16.8 Å². The molecule has 3 aromatic rings. The van der Waals surface area contributed by atoms with Crippen LogP contribution < -0.4 is 9.47 Å². The summed E-state index contributed by atoms with van der Waals surface area (Å²) in [7, 11) is 3.14. The zero-order chi connectivity index (χ0) is 19.1. The predicted octanol–water partition coefficient (Wildman–Crippen LogP) is 3.31. The third-order valence-electron chi connectivity index (χ3n) is 3.86. The highest BCUT2D eigenvalue weighted by Crippen LogP contribution is 2.23. The highest BCUT2D eigenvalue weighted by Gasteiger charge is 2.13. The standard InChI is InChI=1S/C20H18N4O3/c1-25-17-7-3-5-15(11-17)14-27-23-13-16-6-4-10-24(16)20-18(12-21)19(26-2)8-9-22-20/h3-11,13H,14H2,1-2H3/b23-13+. The largest absolute Gasteiger partial charge is 0.497 e. The van der Waals surface area contributed by atoms with E-state index in [0.717, 1.165) is 17.0 Å². The van der Waals surface area contributed by atoms with E-state index in [1.165, 1.54) is 7.11 Å². The van der Waals surface area contributed by atoms with Gasteiger partial charge in [-0.2, -0.15) is 5.26 Å². The summed E-state index contributed by atoms with van der Waals surface area (Å²) < 4.78 is 12.2. The Morgan fingerprint density at radius 2 is 2.07 bits per heavy atom. The first-order chi connectivity index (χ1) is 13.3. The van der Waals surface area contributed by atoms with Gasteiger partial charge in [-0.1, -0.05) is 17.3 Å². The predicted molar refractivity (Wildman–Crippen MR) is 100 cm³/mol. The van der Waals surface area contributed by atoms with Gasteiger partial charge < -0.3 is 14.3 Å². The molecule has 0 spiro atoms. The van der Waals surface area contributed by atoms with Crippen molar-refractivity contribution < 1.29 is 14.3 Å². The van der Waals surface area contributed by atoms with Crippen molar-refractivity contribution in [2.75, 3.05) is 14.2 Å². The molecule has 0 N–H and O–H groups in total. The first kappa shape index (κ1) is 18.0. The smallest absolute Gasteiger partial charge is 0.158 e. The van der Waals surface area contributed by atoms with Crippen LogP contribution in [0.15, 0.2) is 60.0 Å². The molecule has 0 radical (unpaired) electrons. The fourth-order valence-electron chi connectivity index (χ4n) is 2.55. The van der Waals surface area contributed by atoms with Crippen molar-refractivity contribution in [1.82, 2.24) is 9.55 Å². The van der Waals surface area contributed by atoms with Crippen molar-refractivity contribution in [2.24, 2.45) is 5.16 Å². The Labute approximate surface area is 157 Å². The van der Waals surface area contributed by atoms with Crippen LogP contribution >= 0.6 is 0 Å². The van der Waals surface area contributed by atoms with Gasteiger partial charge in [-0.15, -0.1) is 0 Å². The molecule has 2 aromatic heterocycles. The molecule has 136 valence electrons. The summed E-state index contributed by atoms with van der Waals surface area (Å²) in [5.74, 6) is 1.70. The number of oxime groups is 1. The molecule has 2 heterocycles. The third-order valence-corrected chi connectivity index (χ3v) is 3.86. The maximum Gasteiger partial charge on any atom is 0.158 e. The summed E-state index contributed by atoms with van der Waals surface area (Å²) in [4.78, 5) is 9.68. The summed E-state index contributed by atoms with van der Waals surface area (Å²) in [6.07, 6.45) is 4.96. The second-order valence-electron chi connectivity index (χ2n) is 5.49. The second-order valence-corrected chi connectivity index (χ2v) is 5.49. The highest BCUT2D eigenvalue weighted by atomic mass is 16.6. The second kappa shape index (κ2) is 8.54. The van der Waals surface area contributed by atoms with Gasteiger partial charge >= 0.3 is 0 Å². The number of rotatable bonds is 7. The lowest BCUT2D eigenvalue weighted by molar-refractivity contribution is 0.132. The van der Waals surface area contributed by atoms with Crippen LogP contribution in [0.4, 0.5) is 0 Å². The number of hydrogen-bond donors (Lipinski definition) is 0. The number of benzene rings is 1. The minimum absolute atomic E-state index is 0.315. The average molecular weight is 362 g/mol. The maximum absolute atomic E-state index is 9.45. The number of aromatic nitrogens is 2. The fourth-order valence-corrected chi connectivity index (χ4v) is 2.55. The van der Waals surface area contributed by atoms with Crippen LogP contribution in [-0.2, 0) is 11.4 Å². The molecule has 0 bridgehead atoms. The quantitative estimate of drug-likeness (QED) is 0.476. The van der Waals surface area contributed by atoms with Crippen molar-refractivity contribution >= 4 is 6.21 Å². The van der Waals surface area contributed by atoms with Crippen molar-refractivity contribution in [3.05, 3.63) is 71.7 Å². The lowest BCUT2D eigenvalue weighted by atomic mass is 10.2. The molecule has 0 aliphatic heterocycles. The van der Waals surface area contributed by atoms with E-state index in [1.54, 1.807) is 36.4 Å². The summed E-state index contributed by atoms with van der Waals surface area (Å²) in [5, 5.41) is 13.5. The van der Waals surface area contributed by atoms with Crippen LogP contribution in [0, 0.1) is 11.3 Å². The number of ether oxygens (including phenoxy) is 2. The van der Waals surface area contributed by atoms with Gasteiger partial charge in [0.05, 0.1) is 26.1 Å². The van der Waals surface area contributed by atoms with Crippen molar-refractivity contribution in [1.29, 1.82) is 5.26 Å². The number of nitriles is 1. The topological polar surface area (TPSA) is 81.7 Å². The monoisotopic (exact) mass is 362 g/mol. The summed E-state index contributed by atoms with van der Waals surface area (Å²) in [6, 6.07) is 15.0. The SMILES string of the molecule is COc1cccc(CO/N=C/c2cccn2-c2nccc(OC)c2C#N)c1. The molecule has 7 heteroatoms. The Bertz CT molecular complexity index is 989. The molecule has 0 amide bonds. The Hall–Kier alpha value is -3.79. The van der Waals surface area contributed by atoms with Crippen molar-refractivity contribution in [3.8, 4) is 23.4 Å². The fraction of sp³-hybridized carbons (Fsp3) is 0.150. The molecular formula is C20H18N4O3. The Morgan fingerprint density at radius 1 is 1.19 bits per heavy atom. The molecule has 3 rings (SSSR count). The van der Waals surface area contributed by atoms with Gasteiger partial charge in [0.25, 0.3) is 0 Å². The number of nitrogens with zero attached hydrogens (tertiary/aromatic N) is 4. The minimum atomic E-state index is 0.315. The van der Waals surface area contributed by atoms with Crippen molar-refractivity contribution in [3.63, 3.8) is 0 Å². The first-order valence-corrected chi connectivity index (χ1v) is 8.16. The third kappa shape index (κ3) is 4.07. The molecule has 0 aliphatic rings. The van der Waals surface area contributed by atoms with Crippen molar-refractivity contribution in [2.45, 2.75) is 6.61 Å². The Morgan fingerprint density at radius 3 is 2.85 bits per heavy atom. The van der Waals surface area contributed by atoms with Crippen LogP contribution in [0.5, 0.6) is 11.5 Å². The van der Waals surface area contributed by atoms with E-state index in [2.05, 4.69) is 16.2 Å². The molecule has 0 saturated heterocycles. The van der Waals surface area contributed by atoms with Crippen LogP contribution in [-0.4, -0.2) is 30.0 Å². The Kier molecular flexibility index (Phi) is 5.70. The zero-order valence-corrected chi connectivity index (χ0v) is 15.0. The lowest BCUT2D eigenvalue weighted by Crippen LogP contribution is -2.05. The zero-order valence-electron chi connectivity index (χ0n) is 15.0. The minimum Gasteiger partial charge on any atom is -0.497 e. The van der Waals surface area contributed by atoms with Gasteiger partial charge in [0.15, 0.2) is 5.82 Å². The van der Waals surface area contributed by atoms with Crippen LogP contribution in [0.25, 0.3) is 5.82 Å². The number of methoxy groups -OCH3 is 2. The van der Waals surface area contributed by atoms with Gasteiger partial charge in [-0.25, -0.2) is 4.98 Å². The number of pyridine rings is 1. The van der Waals surface area contributed by atoms with Gasteiger partial charge in [-0.05, 0) is 35.9 Å². The molecule has 0 unspecified atom stereocenters. The molecule has 7 nitrogen and oxygen atoms in total. The van der Waals surface area contributed by atoms with E-state index in [9.17, 15) is 5.26 Å². The van der Waals surface area contributed by atoms with Gasteiger partial charge in [0, 0.05) is 12.4 Å². The average Bonchev–Trinajstić information content (AvgIpc) is 3.19. The summed E-state index contributed by atoms with van der Waals surface area (Å²) in [5.41, 5.74) is 2.02. The van der Waals surface area contributed by atoms with E-state index < -0.39 is 0 Å². The van der Waals surface area contributed by atoms with E-state index in [1.807, 2.05) is 36.4 Å². The van der Waals surface area contributed by atoms with Crippen LogP contribution in [0.3, 0.4) is 0 Å². The molecule has 1 aromatic carbocycles. The van der Waals surface area contributed by atoms with E-state index >= 15 is 0 Å². The van der Waals surface area contributed by atoms with E-state index in [-0.39, 0.29) is 0 Å². The van der Waals surface area contributed by atoms with E-state index in [0.29, 0.717) is 23.7 Å². The summed E-state index contributed by atoms with van der Waals surface area (Å²) in [6.45, 7) is 0.315. The van der Waals surface area contributed by atoms with Gasteiger partial charge in [0.1, 0.15) is 29.7 Å². The summed E-state index contributed by atoms with van der Waals surface area (Å²) >= 11 is 0. The Balaban J connectivity index is 1.76. The van der Waals surface area contributed by atoms with E-state index in [4.69, 9.17) is 14.3 Å². The normalized spacial score (nSPS) is 10.6. The molecule has 0 fully saturated rings. The van der Waals surface area contributed by atoms with Gasteiger partial charge in [0.2, 0.25) is 0 Å². The number of hydrogen-bond acceptors (Lipinski definition) is 6.